The molecule has 0 radical (unpaired) electrons. The van der Waals surface area contributed by atoms with Crippen LogP contribution in [0, 0.1) is 5.82 Å². The van der Waals surface area contributed by atoms with Gasteiger partial charge in [0.1, 0.15) is 5.82 Å². The van der Waals surface area contributed by atoms with Crippen LogP contribution in [0.3, 0.4) is 0 Å². The molecule has 0 heterocycles. The van der Waals surface area contributed by atoms with E-state index in [4.69, 9.17) is 11.6 Å². The highest BCUT2D eigenvalue weighted by Gasteiger charge is 2.20. The molecule has 1 aliphatic carbocycles. The summed E-state index contributed by atoms with van der Waals surface area (Å²) in [5, 5.41) is 2.87. The van der Waals surface area contributed by atoms with Crippen LogP contribution in [-0.4, -0.2) is 49.1 Å². The van der Waals surface area contributed by atoms with Crippen molar-refractivity contribution in [3.63, 3.8) is 0 Å². The first kappa shape index (κ1) is 17.0. The summed E-state index contributed by atoms with van der Waals surface area (Å²) in [6, 6.07) is 4.51. The number of hydrogen-bond acceptors (Lipinski definition) is 2. The first-order valence-corrected chi connectivity index (χ1v) is 8.02. The van der Waals surface area contributed by atoms with E-state index in [1.807, 2.05) is 0 Å². The zero-order valence-corrected chi connectivity index (χ0v) is 13.9. The maximum atomic E-state index is 13.7. The van der Waals surface area contributed by atoms with Crippen molar-refractivity contribution in [2.45, 2.75) is 31.7 Å². The number of urea groups is 1. The Morgan fingerprint density at radius 3 is 2.64 bits per heavy atom. The van der Waals surface area contributed by atoms with Crippen molar-refractivity contribution >= 4 is 23.3 Å². The second-order valence-electron chi connectivity index (χ2n) is 5.89. The van der Waals surface area contributed by atoms with Crippen molar-refractivity contribution in [3.05, 3.63) is 29.0 Å². The monoisotopic (exact) mass is 327 g/mol. The van der Waals surface area contributed by atoms with E-state index < -0.39 is 5.82 Å². The van der Waals surface area contributed by atoms with Crippen LogP contribution in [0.25, 0.3) is 0 Å². The van der Waals surface area contributed by atoms with Crippen molar-refractivity contribution in [1.29, 1.82) is 0 Å². The van der Waals surface area contributed by atoms with E-state index in [0.717, 1.165) is 6.54 Å². The molecule has 0 spiro atoms. The van der Waals surface area contributed by atoms with E-state index in [2.05, 4.69) is 17.3 Å². The molecule has 0 unspecified atom stereocenters. The Bertz CT molecular complexity index is 520. The molecule has 6 heteroatoms. The number of nitrogens with zero attached hydrogens (tertiary/aromatic N) is 2. The van der Waals surface area contributed by atoms with Crippen LogP contribution >= 0.6 is 11.6 Å². The smallest absolute Gasteiger partial charge is 0.321 e. The minimum atomic E-state index is -0.530. The van der Waals surface area contributed by atoms with Crippen molar-refractivity contribution in [3.8, 4) is 0 Å². The summed E-state index contributed by atoms with van der Waals surface area (Å²) >= 11 is 5.69. The molecular weight excluding hydrogens is 305 g/mol. The molecule has 0 atom stereocenters. The molecule has 1 aliphatic rings. The van der Waals surface area contributed by atoms with Crippen LogP contribution in [0.4, 0.5) is 14.9 Å². The van der Waals surface area contributed by atoms with Crippen LogP contribution in [0.1, 0.15) is 25.7 Å². The molecule has 0 aliphatic heterocycles. The Morgan fingerprint density at radius 2 is 2.00 bits per heavy atom. The van der Waals surface area contributed by atoms with Gasteiger partial charge in [0.25, 0.3) is 0 Å². The number of benzene rings is 1. The number of halogens is 2. The lowest BCUT2D eigenvalue weighted by molar-refractivity contribution is 0.198. The highest BCUT2D eigenvalue weighted by molar-refractivity contribution is 6.30. The third-order valence-electron chi connectivity index (χ3n) is 4.26. The van der Waals surface area contributed by atoms with Gasteiger partial charge in [-0.25, -0.2) is 9.18 Å². The highest BCUT2D eigenvalue weighted by atomic mass is 35.5. The van der Waals surface area contributed by atoms with Crippen molar-refractivity contribution in [2.24, 2.45) is 0 Å². The third-order valence-corrected chi connectivity index (χ3v) is 4.49. The lowest BCUT2D eigenvalue weighted by Crippen LogP contribution is -2.40. The van der Waals surface area contributed by atoms with Gasteiger partial charge in [-0.2, -0.15) is 0 Å². The zero-order valence-electron chi connectivity index (χ0n) is 13.1. The van der Waals surface area contributed by atoms with Gasteiger partial charge in [0, 0.05) is 31.2 Å². The lowest BCUT2D eigenvalue weighted by atomic mass is 10.2. The summed E-state index contributed by atoms with van der Waals surface area (Å²) in [6.45, 7) is 1.42. The second kappa shape index (κ2) is 7.79. The first-order chi connectivity index (χ1) is 10.5. The molecule has 122 valence electrons. The largest absolute Gasteiger partial charge is 0.326 e. The molecule has 0 saturated heterocycles. The number of amides is 2. The average molecular weight is 328 g/mol. The van der Waals surface area contributed by atoms with E-state index in [-0.39, 0.29) is 11.7 Å². The first-order valence-electron chi connectivity index (χ1n) is 7.65. The van der Waals surface area contributed by atoms with Gasteiger partial charge >= 0.3 is 6.03 Å². The van der Waals surface area contributed by atoms with E-state index in [1.54, 1.807) is 18.0 Å². The van der Waals surface area contributed by atoms with Crippen molar-refractivity contribution in [2.75, 3.05) is 32.5 Å². The summed E-state index contributed by atoms with van der Waals surface area (Å²) in [5.41, 5.74) is 0.144. The van der Waals surface area contributed by atoms with Crippen molar-refractivity contribution < 1.29 is 9.18 Å². The minimum Gasteiger partial charge on any atom is -0.326 e. The molecular formula is C16H23ClFN3O. The molecule has 4 nitrogen and oxygen atoms in total. The number of likely N-dealkylation sites (N-methyl/N-ethyl adjacent to an activating group) is 2. The van der Waals surface area contributed by atoms with Gasteiger partial charge in [0.15, 0.2) is 0 Å². The number of anilines is 1. The summed E-state index contributed by atoms with van der Waals surface area (Å²) in [6.07, 6.45) is 5.06. The molecule has 1 aromatic carbocycles. The van der Waals surface area contributed by atoms with Gasteiger partial charge in [0.05, 0.1) is 5.69 Å². The fraction of sp³-hybridized carbons (Fsp3) is 0.562. The normalized spacial score (nSPS) is 15.3. The summed E-state index contributed by atoms with van der Waals surface area (Å²) in [7, 11) is 3.81. The zero-order chi connectivity index (χ0) is 16.1. The predicted molar refractivity (Wildman–Crippen MR) is 87.9 cm³/mol. The number of rotatable bonds is 5. The maximum absolute atomic E-state index is 13.7. The molecule has 1 fully saturated rings. The third kappa shape index (κ3) is 4.58. The molecule has 22 heavy (non-hydrogen) atoms. The Morgan fingerprint density at radius 1 is 1.32 bits per heavy atom. The van der Waals surface area contributed by atoms with Gasteiger partial charge < -0.3 is 15.1 Å². The molecule has 1 N–H and O–H groups in total. The number of carbonyl (C=O) groups is 1. The topological polar surface area (TPSA) is 35.6 Å². The van der Waals surface area contributed by atoms with Gasteiger partial charge in [-0.15, -0.1) is 0 Å². The minimum absolute atomic E-state index is 0.144. The summed E-state index contributed by atoms with van der Waals surface area (Å²) < 4.78 is 13.7. The van der Waals surface area contributed by atoms with E-state index in [9.17, 15) is 9.18 Å². The predicted octanol–water partition coefficient (Wildman–Crippen LogP) is 3.82. The quantitative estimate of drug-likeness (QED) is 0.892. The Labute approximate surface area is 136 Å². The van der Waals surface area contributed by atoms with Crippen LogP contribution in [-0.2, 0) is 0 Å². The molecule has 0 aromatic heterocycles. The lowest BCUT2D eigenvalue weighted by Gasteiger charge is -2.27. The van der Waals surface area contributed by atoms with Gasteiger partial charge in [-0.05, 0) is 38.1 Å². The molecule has 1 aromatic rings. The highest BCUT2D eigenvalue weighted by Crippen LogP contribution is 2.22. The number of nitrogens with one attached hydrogen (secondary N) is 1. The number of hydrogen-bond donors (Lipinski definition) is 1. The van der Waals surface area contributed by atoms with E-state index in [1.165, 1.54) is 37.8 Å². The summed E-state index contributed by atoms with van der Waals surface area (Å²) in [4.78, 5) is 16.0. The van der Waals surface area contributed by atoms with E-state index >= 15 is 0 Å². The van der Waals surface area contributed by atoms with Crippen molar-refractivity contribution in [1.82, 2.24) is 9.80 Å². The SMILES string of the molecule is CN(CCN(C)C1CCCC1)C(=O)Nc1ccc(Cl)cc1F. The van der Waals surface area contributed by atoms with Gasteiger partial charge in [-0.1, -0.05) is 24.4 Å². The van der Waals surface area contributed by atoms with Gasteiger partial charge in [0.2, 0.25) is 0 Å². The molecule has 0 bridgehead atoms. The Balaban J connectivity index is 1.81. The van der Waals surface area contributed by atoms with Crippen LogP contribution < -0.4 is 5.32 Å². The van der Waals surface area contributed by atoms with Crippen LogP contribution in [0.2, 0.25) is 5.02 Å². The fourth-order valence-corrected chi connectivity index (χ4v) is 2.90. The van der Waals surface area contributed by atoms with Crippen LogP contribution in [0.5, 0.6) is 0 Å². The molecule has 1 saturated carbocycles. The Hall–Kier alpha value is -1.33. The average Bonchev–Trinajstić information content (AvgIpc) is 3.01. The molecule has 2 rings (SSSR count). The van der Waals surface area contributed by atoms with E-state index in [0.29, 0.717) is 17.6 Å². The second-order valence-corrected chi connectivity index (χ2v) is 6.33. The molecule has 2 amide bonds. The maximum Gasteiger partial charge on any atom is 0.321 e. The Kier molecular flexibility index (Phi) is 6.03. The van der Waals surface area contributed by atoms with Crippen LogP contribution in [0.15, 0.2) is 18.2 Å². The standard InChI is InChI=1S/C16H23ClFN3O/c1-20(13-5-3-4-6-13)9-10-21(2)16(22)19-15-8-7-12(17)11-14(15)18/h7-8,11,13H,3-6,9-10H2,1-2H3,(H,19,22). The number of carbonyl (C=O) groups excluding carboxylic acids is 1. The summed E-state index contributed by atoms with van der Waals surface area (Å²) in [5.74, 6) is -0.530. The van der Waals surface area contributed by atoms with Gasteiger partial charge in [-0.3, -0.25) is 0 Å². The fourth-order valence-electron chi connectivity index (χ4n) is 2.74.